The maximum absolute atomic E-state index is 6.55. The van der Waals surface area contributed by atoms with E-state index in [1.54, 1.807) is 0 Å². The number of ether oxygens (including phenoxy) is 2. The molecule has 3 heterocycles. The third-order valence-electron chi connectivity index (χ3n) is 7.21. The van der Waals surface area contributed by atoms with Gasteiger partial charge in [-0.05, 0) is 46.9 Å². The molecule has 0 amide bonds. The summed E-state index contributed by atoms with van der Waals surface area (Å²) >= 11 is 13.1. The molecule has 0 radical (unpaired) electrons. The molecule has 5 nitrogen and oxygen atoms in total. The first kappa shape index (κ1) is 35.1. The molecule has 0 bridgehead atoms. The predicted molar refractivity (Wildman–Crippen MR) is 188 cm³/mol. The van der Waals surface area contributed by atoms with Crippen molar-refractivity contribution < 1.29 is 39.0 Å². The van der Waals surface area contributed by atoms with Gasteiger partial charge in [-0.15, -0.1) is 0 Å². The molecule has 4 aromatic carbocycles. The molecule has 10 heteroatoms. The monoisotopic (exact) mass is 667 g/mol. The van der Waals surface area contributed by atoms with Gasteiger partial charge < -0.3 is 19.7 Å². The summed E-state index contributed by atoms with van der Waals surface area (Å²) in [6, 6.07) is 35.8. The average molecular weight is 668 g/mol. The summed E-state index contributed by atoms with van der Waals surface area (Å²) in [5.41, 5.74) is 1.48. The van der Waals surface area contributed by atoms with Crippen LogP contribution in [-0.4, -0.2) is 36.7 Å². The summed E-state index contributed by atoms with van der Waals surface area (Å²) in [4.78, 5) is 0. The SMILES string of the molecule is C1CCOC1.C1CCOC1.S=P(c1ccccc1)(c1ccccc1)c1nn[n-]c1P(=S)(c1ccccc1)c1ccccc1.[Na+]. The maximum Gasteiger partial charge on any atom is 1.00 e. The van der Waals surface area contributed by atoms with Gasteiger partial charge in [-0.25, -0.2) is 0 Å². The van der Waals surface area contributed by atoms with E-state index in [1.807, 2.05) is 72.8 Å². The first-order valence-electron chi connectivity index (χ1n) is 14.6. The molecule has 2 saturated heterocycles. The quantitative estimate of drug-likeness (QED) is 0.201. The van der Waals surface area contributed by atoms with Crippen LogP contribution in [0.15, 0.2) is 121 Å². The number of hydrogen-bond donors (Lipinski definition) is 0. The summed E-state index contributed by atoms with van der Waals surface area (Å²) in [6.07, 6.45) is 5.11. The molecule has 1 aromatic heterocycles. The maximum atomic E-state index is 6.55. The van der Waals surface area contributed by atoms with Crippen molar-refractivity contribution in [3.63, 3.8) is 0 Å². The molecule has 0 aliphatic carbocycles. The Morgan fingerprint density at radius 3 is 1.11 bits per heavy atom. The minimum absolute atomic E-state index is 0. The Kier molecular flexibility index (Phi) is 14.2. The van der Waals surface area contributed by atoms with Gasteiger partial charge in [0.25, 0.3) is 0 Å². The Morgan fingerprint density at radius 2 is 0.818 bits per heavy atom. The van der Waals surface area contributed by atoms with Crippen LogP contribution in [0.25, 0.3) is 0 Å². The van der Waals surface area contributed by atoms with E-state index in [0.29, 0.717) is 0 Å². The van der Waals surface area contributed by atoms with Crippen LogP contribution < -0.4 is 66.7 Å². The zero-order valence-corrected chi connectivity index (χ0v) is 30.5. The normalized spacial score (nSPS) is 14.4. The Morgan fingerprint density at radius 1 is 0.500 bits per heavy atom. The van der Waals surface area contributed by atoms with Gasteiger partial charge in [0, 0.05) is 49.4 Å². The molecule has 0 atom stereocenters. The first-order valence-corrected chi connectivity index (χ1v) is 20.2. The fraction of sp³-hybridized carbons (Fsp3) is 0.235. The Bertz CT molecular complexity index is 1410. The molecule has 2 fully saturated rings. The minimum Gasteiger partial charge on any atom is -0.381 e. The molecule has 44 heavy (non-hydrogen) atoms. The van der Waals surface area contributed by atoms with E-state index in [0.717, 1.165) is 58.5 Å². The van der Waals surface area contributed by atoms with Crippen molar-refractivity contribution in [1.82, 2.24) is 15.4 Å². The fourth-order valence-corrected chi connectivity index (χ4v) is 13.4. The zero-order valence-electron chi connectivity index (χ0n) is 25.1. The Labute approximate surface area is 293 Å². The van der Waals surface area contributed by atoms with E-state index in [4.69, 9.17) is 33.1 Å². The average Bonchev–Trinajstić information content (AvgIpc) is 3.92. The molecular weight excluding hydrogens is 631 g/mol. The topological polar surface area (TPSA) is 58.3 Å². The molecule has 5 aromatic rings. The van der Waals surface area contributed by atoms with E-state index >= 15 is 0 Å². The molecular formula is C34H36N3NaO2P2S2. The molecule has 0 spiro atoms. The van der Waals surface area contributed by atoms with E-state index in [2.05, 4.69) is 63.9 Å². The van der Waals surface area contributed by atoms with Gasteiger partial charge in [0.15, 0.2) is 0 Å². The summed E-state index contributed by atoms with van der Waals surface area (Å²) < 4.78 is 9.89. The zero-order chi connectivity index (χ0) is 29.8. The van der Waals surface area contributed by atoms with Crippen molar-refractivity contribution >= 4 is 67.8 Å². The number of aromatic nitrogens is 3. The third-order valence-corrected chi connectivity index (χ3v) is 16.9. The standard InChI is InChI=1S/C26H20N3P2S2.2C4H8O.Na/c32-30(21-13-5-1-6-14-21,22-15-7-2-8-16-22)25-26(28-29-27-25)31(33,23-17-9-3-10-18-23)24-19-11-4-12-20-24;2*1-2-4-5-3-1;/h1-20H;2*1-4H2;/q-1;;;+1. The van der Waals surface area contributed by atoms with Crippen LogP contribution in [0, 0.1) is 0 Å². The summed E-state index contributed by atoms with van der Waals surface area (Å²) in [7, 11) is 0. The van der Waals surface area contributed by atoms with Gasteiger partial charge >= 0.3 is 29.6 Å². The second-order valence-electron chi connectivity index (χ2n) is 10.1. The molecule has 0 unspecified atom stereocenters. The second-order valence-corrected chi connectivity index (χ2v) is 18.8. The number of benzene rings is 4. The van der Waals surface area contributed by atoms with Crippen molar-refractivity contribution in [3.05, 3.63) is 121 Å². The summed E-state index contributed by atoms with van der Waals surface area (Å²) in [6.45, 7) is 4.00. The Balaban J connectivity index is 0.000000340. The van der Waals surface area contributed by atoms with Crippen LogP contribution >= 0.6 is 12.1 Å². The van der Waals surface area contributed by atoms with Crippen LogP contribution in [0.2, 0.25) is 0 Å². The van der Waals surface area contributed by atoms with E-state index < -0.39 is 12.1 Å². The molecule has 2 aliphatic heterocycles. The van der Waals surface area contributed by atoms with Gasteiger partial charge in [-0.2, -0.15) is 0 Å². The van der Waals surface area contributed by atoms with Crippen LogP contribution in [0.4, 0.5) is 0 Å². The van der Waals surface area contributed by atoms with Crippen molar-refractivity contribution in [2.24, 2.45) is 0 Å². The number of nitrogens with zero attached hydrogens (tertiary/aromatic N) is 3. The van der Waals surface area contributed by atoms with Gasteiger partial charge in [0.1, 0.15) is 0 Å². The predicted octanol–water partition coefficient (Wildman–Crippen LogP) is 1.54. The van der Waals surface area contributed by atoms with Crippen LogP contribution in [0.5, 0.6) is 0 Å². The van der Waals surface area contributed by atoms with E-state index in [1.165, 1.54) is 25.7 Å². The minimum atomic E-state index is -2.55. The third kappa shape index (κ3) is 8.33. The number of hydrogen-bond acceptors (Lipinski definition) is 6. The second kappa shape index (κ2) is 17.8. The summed E-state index contributed by atoms with van der Waals surface area (Å²) in [5.74, 6) is 0. The van der Waals surface area contributed by atoms with Crippen LogP contribution in [0.1, 0.15) is 25.7 Å². The number of rotatable bonds is 6. The Hall–Kier alpha value is -1.76. The van der Waals surface area contributed by atoms with Crippen LogP contribution in [-0.2, 0) is 33.1 Å². The molecule has 0 saturated carbocycles. The van der Waals surface area contributed by atoms with Gasteiger partial charge in [-0.1, -0.05) is 145 Å². The first-order chi connectivity index (χ1) is 21.1. The van der Waals surface area contributed by atoms with Gasteiger partial charge in [0.05, 0.1) is 0 Å². The van der Waals surface area contributed by atoms with Crippen molar-refractivity contribution in [2.45, 2.75) is 25.7 Å². The smallest absolute Gasteiger partial charge is 0.381 e. The van der Waals surface area contributed by atoms with Crippen molar-refractivity contribution in [3.8, 4) is 0 Å². The largest absolute Gasteiger partial charge is 1.00 e. The molecule has 222 valence electrons. The molecule has 2 aliphatic rings. The van der Waals surface area contributed by atoms with Gasteiger partial charge in [0.2, 0.25) is 0 Å². The molecule has 7 rings (SSSR count). The van der Waals surface area contributed by atoms with Crippen LogP contribution in [0.3, 0.4) is 0 Å². The van der Waals surface area contributed by atoms with Gasteiger partial charge in [-0.3, -0.25) is 5.21 Å². The van der Waals surface area contributed by atoms with E-state index in [-0.39, 0.29) is 29.6 Å². The van der Waals surface area contributed by atoms with Crippen molar-refractivity contribution in [2.75, 3.05) is 26.4 Å². The fourth-order valence-electron chi connectivity index (χ4n) is 4.96. The van der Waals surface area contributed by atoms with E-state index in [9.17, 15) is 0 Å². The summed E-state index contributed by atoms with van der Waals surface area (Å²) in [5, 5.41) is 17.6. The van der Waals surface area contributed by atoms with Crippen molar-refractivity contribution in [1.29, 1.82) is 0 Å². The molecule has 0 N–H and O–H groups in total.